The fourth-order valence-electron chi connectivity index (χ4n) is 2.17. The summed E-state index contributed by atoms with van der Waals surface area (Å²) in [5, 5.41) is 5.75. The highest BCUT2D eigenvalue weighted by molar-refractivity contribution is 6.04. The van der Waals surface area contributed by atoms with Crippen LogP contribution in [-0.4, -0.2) is 17.9 Å². The maximum absolute atomic E-state index is 12.3. The number of carbonyl (C=O) groups is 2. The zero-order valence-electron chi connectivity index (χ0n) is 13.5. The Morgan fingerprint density at radius 2 is 1.65 bits per heavy atom. The summed E-state index contributed by atoms with van der Waals surface area (Å²) in [5.41, 5.74) is 1.95. The number of amides is 2. The number of rotatable bonds is 6. The average Bonchev–Trinajstić information content (AvgIpc) is 2.56. The van der Waals surface area contributed by atoms with E-state index in [2.05, 4.69) is 10.6 Å². The predicted molar refractivity (Wildman–Crippen MR) is 92.4 cm³/mol. The quantitative estimate of drug-likeness (QED) is 0.859. The first kappa shape index (κ1) is 16.7. The second-order valence-electron chi connectivity index (χ2n) is 5.54. The van der Waals surface area contributed by atoms with Crippen molar-refractivity contribution in [3.8, 4) is 0 Å². The number of carbonyl (C=O) groups excluding carboxylic acids is 2. The second-order valence-corrected chi connectivity index (χ2v) is 5.54. The molecule has 2 rings (SSSR count). The van der Waals surface area contributed by atoms with Crippen LogP contribution in [0, 0.1) is 0 Å². The van der Waals surface area contributed by atoms with Crippen molar-refractivity contribution in [1.29, 1.82) is 0 Å². The molecule has 23 heavy (non-hydrogen) atoms. The third-order valence-electron chi connectivity index (χ3n) is 3.64. The molecule has 0 radical (unpaired) electrons. The van der Waals surface area contributed by atoms with E-state index < -0.39 is 0 Å². The minimum absolute atomic E-state index is 0.0931. The van der Waals surface area contributed by atoms with Crippen molar-refractivity contribution in [3.63, 3.8) is 0 Å². The lowest BCUT2D eigenvalue weighted by molar-refractivity contribution is -0.115. The summed E-state index contributed by atoms with van der Waals surface area (Å²) >= 11 is 0. The van der Waals surface area contributed by atoms with Gasteiger partial charge in [-0.15, -0.1) is 0 Å². The van der Waals surface area contributed by atoms with Gasteiger partial charge in [-0.3, -0.25) is 9.59 Å². The van der Waals surface area contributed by atoms with Crippen LogP contribution in [0.5, 0.6) is 0 Å². The Bertz CT molecular complexity index is 668. The van der Waals surface area contributed by atoms with E-state index in [4.69, 9.17) is 0 Å². The van der Waals surface area contributed by atoms with Gasteiger partial charge in [-0.1, -0.05) is 49.4 Å². The van der Waals surface area contributed by atoms with Gasteiger partial charge in [0, 0.05) is 6.04 Å². The maximum atomic E-state index is 12.3. The highest BCUT2D eigenvalue weighted by Gasteiger charge is 2.14. The normalized spacial score (nSPS) is 11.6. The summed E-state index contributed by atoms with van der Waals surface area (Å²) in [6, 6.07) is 16.7. The molecule has 0 aliphatic heterocycles. The van der Waals surface area contributed by atoms with E-state index in [9.17, 15) is 9.59 Å². The summed E-state index contributed by atoms with van der Waals surface area (Å²) in [5.74, 6) is -0.310. The smallest absolute Gasteiger partial charge is 0.253 e. The molecule has 0 saturated carbocycles. The molecule has 0 bridgehead atoms. The van der Waals surface area contributed by atoms with Gasteiger partial charge in [0.15, 0.2) is 0 Å². The Balaban J connectivity index is 2.08. The number of hydrogen-bond acceptors (Lipinski definition) is 2. The number of nitrogens with one attached hydrogen (secondary N) is 2. The molecule has 0 fully saturated rings. The molecule has 1 atom stereocenters. The molecule has 4 heteroatoms. The molecule has 0 aliphatic carbocycles. The first-order valence-electron chi connectivity index (χ1n) is 7.83. The van der Waals surface area contributed by atoms with Crippen molar-refractivity contribution in [1.82, 2.24) is 5.32 Å². The van der Waals surface area contributed by atoms with Crippen LogP contribution in [0.2, 0.25) is 0 Å². The van der Waals surface area contributed by atoms with Crippen LogP contribution in [0.25, 0.3) is 0 Å². The number of anilines is 1. The Morgan fingerprint density at radius 1 is 1.00 bits per heavy atom. The fraction of sp³-hybridized carbons (Fsp3) is 0.263. The average molecular weight is 310 g/mol. The van der Waals surface area contributed by atoms with Crippen LogP contribution in [-0.2, 0) is 11.2 Å². The van der Waals surface area contributed by atoms with Gasteiger partial charge in [-0.2, -0.15) is 0 Å². The van der Waals surface area contributed by atoms with E-state index in [1.165, 1.54) is 0 Å². The van der Waals surface area contributed by atoms with E-state index in [1.54, 1.807) is 24.3 Å². The summed E-state index contributed by atoms with van der Waals surface area (Å²) in [6.45, 7) is 3.97. The highest BCUT2D eigenvalue weighted by Crippen LogP contribution is 2.16. The molecule has 2 N–H and O–H groups in total. The summed E-state index contributed by atoms with van der Waals surface area (Å²) in [4.78, 5) is 24.5. The van der Waals surface area contributed by atoms with Gasteiger partial charge in [-0.25, -0.2) is 0 Å². The molecule has 0 heterocycles. The van der Waals surface area contributed by atoms with E-state index >= 15 is 0 Å². The number of benzene rings is 2. The zero-order chi connectivity index (χ0) is 16.7. The van der Waals surface area contributed by atoms with Crippen molar-refractivity contribution < 1.29 is 9.59 Å². The van der Waals surface area contributed by atoms with E-state index in [0.29, 0.717) is 11.3 Å². The van der Waals surface area contributed by atoms with Crippen LogP contribution < -0.4 is 10.6 Å². The molecular weight excluding hydrogens is 288 g/mol. The van der Waals surface area contributed by atoms with Crippen molar-refractivity contribution in [2.75, 3.05) is 5.32 Å². The Kier molecular flexibility index (Phi) is 5.92. The fourth-order valence-corrected chi connectivity index (χ4v) is 2.17. The highest BCUT2D eigenvalue weighted by atomic mass is 16.2. The van der Waals surface area contributed by atoms with Crippen LogP contribution in [0.1, 0.15) is 36.2 Å². The molecule has 2 aromatic rings. The van der Waals surface area contributed by atoms with Crippen LogP contribution in [0.15, 0.2) is 54.6 Å². The Labute approximate surface area is 136 Å². The standard InChI is InChI=1S/C19H22N2O2/c1-3-14(2)20-19(23)16-11-7-8-12-17(16)21-18(22)13-15-9-5-4-6-10-15/h4-12,14H,3,13H2,1-2H3,(H,20,23)(H,21,22)/t14-/m0/s1. The van der Waals surface area contributed by atoms with E-state index in [1.807, 2.05) is 44.2 Å². The van der Waals surface area contributed by atoms with E-state index in [0.717, 1.165) is 12.0 Å². The van der Waals surface area contributed by atoms with Crippen molar-refractivity contribution in [2.24, 2.45) is 0 Å². The second kappa shape index (κ2) is 8.13. The lowest BCUT2D eigenvalue weighted by atomic mass is 10.1. The molecule has 2 aromatic carbocycles. The van der Waals surface area contributed by atoms with Crippen molar-refractivity contribution >= 4 is 17.5 Å². The largest absolute Gasteiger partial charge is 0.350 e. The van der Waals surface area contributed by atoms with Crippen LogP contribution in [0.4, 0.5) is 5.69 Å². The topological polar surface area (TPSA) is 58.2 Å². The molecule has 0 saturated heterocycles. The van der Waals surface area contributed by atoms with Crippen LogP contribution >= 0.6 is 0 Å². The zero-order valence-corrected chi connectivity index (χ0v) is 13.5. The van der Waals surface area contributed by atoms with Crippen LogP contribution in [0.3, 0.4) is 0 Å². The van der Waals surface area contributed by atoms with Gasteiger partial charge in [0.2, 0.25) is 5.91 Å². The number of para-hydroxylation sites is 1. The predicted octanol–water partition coefficient (Wildman–Crippen LogP) is 3.40. The molecule has 120 valence electrons. The molecule has 0 aromatic heterocycles. The third-order valence-corrected chi connectivity index (χ3v) is 3.64. The Hall–Kier alpha value is -2.62. The van der Waals surface area contributed by atoms with Crippen molar-refractivity contribution in [3.05, 3.63) is 65.7 Å². The Morgan fingerprint density at radius 3 is 2.35 bits per heavy atom. The van der Waals surface area contributed by atoms with Gasteiger partial charge in [-0.05, 0) is 31.0 Å². The molecule has 0 aliphatic rings. The summed E-state index contributed by atoms with van der Waals surface area (Å²) < 4.78 is 0. The molecule has 0 spiro atoms. The molecular formula is C19H22N2O2. The van der Waals surface area contributed by atoms with Gasteiger partial charge in [0.1, 0.15) is 0 Å². The van der Waals surface area contributed by atoms with Gasteiger partial charge < -0.3 is 10.6 Å². The van der Waals surface area contributed by atoms with Crippen molar-refractivity contribution in [2.45, 2.75) is 32.7 Å². The lowest BCUT2D eigenvalue weighted by Crippen LogP contribution is -2.32. The number of hydrogen-bond donors (Lipinski definition) is 2. The monoisotopic (exact) mass is 310 g/mol. The van der Waals surface area contributed by atoms with Gasteiger partial charge in [0.05, 0.1) is 17.7 Å². The first-order chi connectivity index (χ1) is 11.1. The summed E-state index contributed by atoms with van der Waals surface area (Å²) in [6.07, 6.45) is 1.14. The minimum atomic E-state index is -0.171. The molecule has 2 amide bonds. The molecule has 4 nitrogen and oxygen atoms in total. The lowest BCUT2D eigenvalue weighted by Gasteiger charge is -2.14. The minimum Gasteiger partial charge on any atom is -0.350 e. The summed E-state index contributed by atoms with van der Waals surface area (Å²) in [7, 11) is 0. The first-order valence-corrected chi connectivity index (χ1v) is 7.83. The SMILES string of the molecule is CC[C@H](C)NC(=O)c1ccccc1NC(=O)Cc1ccccc1. The third kappa shape index (κ3) is 4.95. The van der Waals surface area contributed by atoms with E-state index in [-0.39, 0.29) is 24.3 Å². The van der Waals surface area contributed by atoms with Gasteiger partial charge in [0.25, 0.3) is 5.91 Å². The molecule has 0 unspecified atom stereocenters. The maximum Gasteiger partial charge on any atom is 0.253 e. The van der Waals surface area contributed by atoms with Gasteiger partial charge >= 0.3 is 0 Å².